The van der Waals surface area contributed by atoms with Crippen LogP contribution in [0.25, 0.3) is 0 Å². The van der Waals surface area contributed by atoms with Crippen molar-refractivity contribution in [3.05, 3.63) is 35.7 Å². The Morgan fingerprint density at radius 3 is 2.97 bits per heavy atom. The maximum atomic E-state index is 12.0. The normalized spacial score (nSPS) is 17.4. The molecule has 2 N–H and O–H groups in total. The van der Waals surface area contributed by atoms with Crippen LogP contribution in [-0.4, -0.2) is 56.6 Å². The van der Waals surface area contributed by atoms with Crippen molar-refractivity contribution in [2.45, 2.75) is 64.7 Å². The molecule has 1 aromatic carbocycles. The molecule has 0 aliphatic carbocycles. The van der Waals surface area contributed by atoms with Gasteiger partial charge < -0.3 is 15.2 Å². The number of ether oxygens (including phenoxy) is 1. The predicted octanol–water partition coefficient (Wildman–Crippen LogP) is 2.58. The topological polar surface area (TPSA) is 92.5 Å². The summed E-state index contributed by atoms with van der Waals surface area (Å²) in [5.74, 6) is 0.529. The summed E-state index contributed by atoms with van der Waals surface area (Å²) < 4.78 is 6.97. The first-order chi connectivity index (χ1) is 14.0. The number of rotatable bonds is 8. The van der Waals surface area contributed by atoms with Crippen molar-refractivity contribution in [1.82, 2.24) is 25.2 Å². The van der Waals surface area contributed by atoms with Gasteiger partial charge in [-0.05, 0) is 45.7 Å². The second kappa shape index (κ2) is 9.73. The van der Waals surface area contributed by atoms with Crippen LogP contribution in [0, 0.1) is 0 Å². The van der Waals surface area contributed by atoms with Crippen LogP contribution in [0.2, 0.25) is 0 Å². The molecule has 0 unspecified atom stereocenters. The van der Waals surface area contributed by atoms with Crippen molar-refractivity contribution in [2.24, 2.45) is 0 Å². The Hall–Kier alpha value is -2.61. The Morgan fingerprint density at radius 1 is 1.38 bits per heavy atom. The number of aromatic nitrogens is 3. The lowest BCUT2D eigenvalue weighted by Crippen LogP contribution is -2.39. The van der Waals surface area contributed by atoms with E-state index in [1.165, 1.54) is 6.42 Å². The standard InChI is InChI=1S/C21H31N5O3/c1-15(2)22-21(28)18-14-26(24-23-18)12-10-17-8-4-5-11-25(17)13-16-7-6-9-19(29-3)20(16)27/h6-7,9,14-15,17,27H,4-5,8,10-13H2,1-3H3,(H,22,28)/t17-/m0/s1. The summed E-state index contributed by atoms with van der Waals surface area (Å²) in [7, 11) is 1.57. The van der Waals surface area contributed by atoms with Gasteiger partial charge in [0.2, 0.25) is 0 Å². The van der Waals surface area contributed by atoms with Crippen molar-refractivity contribution >= 4 is 5.91 Å². The average Bonchev–Trinajstić information content (AvgIpc) is 3.18. The van der Waals surface area contributed by atoms with Crippen LogP contribution in [0.1, 0.15) is 55.6 Å². The number of phenols is 1. The monoisotopic (exact) mass is 401 g/mol. The van der Waals surface area contributed by atoms with Crippen LogP contribution >= 0.6 is 0 Å². The SMILES string of the molecule is COc1cccc(CN2CCCC[C@H]2CCn2cc(C(=O)NC(C)C)nn2)c1O. The zero-order valence-corrected chi connectivity index (χ0v) is 17.5. The van der Waals surface area contributed by atoms with Gasteiger partial charge in [-0.1, -0.05) is 23.8 Å². The summed E-state index contributed by atoms with van der Waals surface area (Å²) in [6.07, 6.45) is 6.09. The number of nitrogens with one attached hydrogen (secondary N) is 1. The van der Waals surface area contributed by atoms with E-state index in [-0.39, 0.29) is 17.7 Å². The first kappa shape index (κ1) is 21.1. The van der Waals surface area contributed by atoms with Gasteiger partial charge in [-0.15, -0.1) is 5.10 Å². The number of hydrogen-bond donors (Lipinski definition) is 2. The predicted molar refractivity (Wildman–Crippen MR) is 110 cm³/mol. The number of carbonyl (C=O) groups is 1. The first-order valence-electron chi connectivity index (χ1n) is 10.3. The van der Waals surface area contributed by atoms with Crippen LogP contribution in [0.5, 0.6) is 11.5 Å². The molecule has 1 fully saturated rings. The molecule has 0 spiro atoms. The maximum Gasteiger partial charge on any atom is 0.273 e. The molecule has 1 atom stereocenters. The van der Waals surface area contributed by atoms with E-state index >= 15 is 0 Å². The number of carbonyl (C=O) groups excluding carboxylic acids is 1. The van der Waals surface area contributed by atoms with Gasteiger partial charge in [-0.3, -0.25) is 14.4 Å². The molecule has 3 rings (SSSR count). The van der Waals surface area contributed by atoms with Crippen molar-refractivity contribution in [3.8, 4) is 11.5 Å². The van der Waals surface area contributed by atoms with E-state index in [2.05, 4.69) is 20.5 Å². The van der Waals surface area contributed by atoms with Crippen molar-refractivity contribution in [3.63, 3.8) is 0 Å². The van der Waals surface area contributed by atoms with E-state index in [9.17, 15) is 9.90 Å². The van der Waals surface area contributed by atoms with Crippen molar-refractivity contribution in [2.75, 3.05) is 13.7 Å². The van der Waals surface area contributed by atoms with Crippen LogP contribution in [0.4, 0.5) is 0 Å². The molecule has 158 valence electrons. The van der Waals surface area contributed by atoms with Gasteiger partial charge in [0, 0.05) is 30.7 Å². The quantitative estimate of drug-likeness (QED) is 0.706. The lowest BCUT2D eigenvalue weighted by molar-refractivity contribution is 0.0938. The number of methoxy groups -OCH3 is 1. The van der Waals surface area contributed by atoms with Crippen LogP contribution in [0.3, 0.4) is 0 Å². The second-order valence-electron chi connectivity index (χ2n) is 7.87. The van der Waals surface area contributed by atoms with Crippen molar-refractivity contribution < 1.29 is 14.6 Å². The van der Waals surface area contributed by atoms with Gasteiger partial charge in [0.1, 0.15) is 0 Å². The van der Waals surface area contributed by atoms with Crippen LogP contribution in [-0.2, 0) is 13.1 Å². The zero-order valence-electron chi connectivity index (χ0n) is 17.5. The summed E-state index contributed by atoms with van der Waals surface area (Å²) >= 11 is 0. The number of benzene rings is 1. The number of piperidine rings is 1. The molecule has 0 saturated carbocycles. The highest BCUT2D eigenvalue weighted by Gasteiger charge is 2.24. The van der Waals surface area contributed by atoms with Gasteiger partial charge in [-0.2, -0.15) is 0 Å². The number of hydrogen-bond acceptors (Lipinski definition) is 6. The number of para-hydroxylation sites is 1. The maximum absolute atomic E-state index is 12.0. The van der Waals surface area contributed by atoms with E-state index in [1.807, 2.05) is 26.0 Å². The minimum absolute atomic E-state index is 0.0662. The molecule has 8 heteroatoms. The minimum Gasteiger partial charge on any atom is -0.504 e. The van der Waals surface area contributed by atoms with E-state index in [4.69, 9.17) is 4.74 Å². The molecule has 1 aliphatic heterocycles. The number of phenolic OH excluding ortho intramolecular Hbond substituents is 1. The molecule has 8 nitrogen and oxygen atoms in total. The Kier molecular flexibility index (Phi) is 7.09. The molecule has 1 aromatic heterocycles. The largest absolute Gasteiger partial charge is 0.504 e. The molecular formula is C21H31N5O3. The third-order valence-electron chi connectivity index (χ3n) is 5.31. The summed E-state index contributed by atoms with van der Waals surface area (Å²) in [6.45, 7) is 6.22. The molecule has 1 saturated heterocycles. The Morgan fingerprint density at radius 2 is 2.21 bits per heavy atom. The van der Waals surface area contributed by atoms with Gasteiger partial charge in [0.25, 0.3) is 5.91 Å². The van der Waals surface area contributed by atoms with Gasteiger partial charge >= 0.3 is 0 Å². The molecule has 1 aliphatic rings. The van der Waals surface area contributed by atoms with Gasteiger partial charge in [0.15, 0.2) is 17.2 Å². The van der Waals surface area contributed by atoms with E-state index in [1.54, 1.807) is 24.1 Å². The summed E-state index contributed by atoms with van der Waals surface area (Å²) in [5, 5.41) is 21.3. The van der Waals surface area contributed by atoms with Gasteiger partial charge in [0.05, 0.1) is 13.3 Å². The van der Waals surface area contributed by atoms with Crippen molar-refractivity contribution in [1.29, 1.82) is 0 Å². The Labute approximate surface area is 171 Å². The lowest BCUT2D eigenvalue weighted by atomic mass is 9.98. The first-order valence-corrected chi connectivity index (χ1v) is 10.3. The number of nitrogens with zero attached hydrogens (tertiary/aromatic N) is 4. The second-order valence-corrected chi connectivity index (χ2v) is 7.87. The van der Waals surface area contributed by atoms with Gasteiger partial charge in [-0.25, -0.2) is 0 Å². The highest BCUT2D eigenvalue weighted by molar-refractivity contribution is 5.91. The van der Waals surface area contributed by atoms with Crippen LogP contribution < -0.4 is 10.1 Å². The lowest BCUT2D eigenvalue weighted by Gasteiger charge is -2.36. The zero-order chi connectivity index (χ0) is 20.8. The third kappa shape index (κ3) is 5.47. The Bertz CT molecular complexity index is 820. The highest BCUT2D eigenvalue weighted by atomic mass is 16.5. The number of aryl methyl sites for hydroxylation is 1. The third-order valence-corrected chi connectivity index (χ3v) is 5.31. The summed E-state index contributed by atoms with van der Waals surface area (Å²) in [4.78, 5) is 14.5. The number of likely N-dealkylation sites (tertiary alicyclic amines) is 1. The fourth-order valence-electron chi connectivity index (χ4n) is 3.80. The minimum atomic E-state index is -0.195. The van der Waals surface area contributed by atoms with E-state index < -0.39 is 0 Å². The molecule has 2 aromatic rings. The molecule has 0 bridgehead atoms. The fraction of sp³-hybridized carbons (Fsp3) is 0.571. The average molecular weight is 402 g/mol. The fourth-order valence-corrected chi connectivity index (χ4v) is 3.80. The van der Waals surface area contributed by atoms with E-state index in [0.29, 0.717) is 30.6 Å². The summed E-state index contributed by atoms with van der Waals surface area (Å²) in [5.41, 5.74) is 1.23. The number of aromatic hydroxyl groups is 1. The van der Waals surface area contributed by atoms with Crippen LogP contribution in [0.15, 0.2) is 24.4 Å². The number of amides is 1. The Balaban J connectivity index is 1.61. The molecule has 0 radical (unpaired) electrons. The smallest absolute Gasteiger partial charge is 0.273 e. The molecule has 2 heterocycles. The molecule has 29 heavy (non-hydrogen) atoms. The van der Waals surface area contributed by atoms with E-state index in [0.717, 1.165) is 31.4 Å². The highest BCUT2D eigenvalue weighted by Crippen LogP contribution is 2.32. The summed E-state index contributed by atoms with van der Waals surface area (Å²) in [6, 6.07) is 6.08. The molecule has 1 amide bonds. The molecular weight excluding hydrogens is 370 g/mol.